The van der Waals surface area contributed by atoms with Gasteiger partial charge in [0.2, 0.25) is 5.91 Å². The van der Waals surface area contributed by atoms with E-state index in [1.165, 1.54) is 36.0 Å². The van der Waals surface area contributed by atoms with E-state index in [2.05, 4.69) is 15.1 Å². The predicted octanol–water partition coefficient (Wildman–Crippen LogP) is 3.84. The quantitative estimate of drug-likeness (QED) is 0.461. The Kier molecular flexibility index (Phi) is 7.29. The van der Waals surface area contributed by atoms with Crippen molar-refractivity contribution in [3.8, 4) is 11.4 Å². The number of piperazine rings is 1. The first-order valence-corrected chi connectivity index (χ1v) is 12.8. The molecule has 1 aromatic heterocycles. The highest BCUT2D eigenvalue weighted by Crippen LogP contribution is 2.27. The third-order valence-electron chi connectivity index (χ3n) is 6.38. The van der Waals surface area contributed by atoms with Gasteiger partial charge >= 0.3 is 0 Å². The molecule has 184 valence electrons. The number of nitrogens with zero attached hydrogens (tertiary/aromatic N) is 5. The molecule has 10 heteroatoms. The van der Waals surface area contributed by atoms with Gasteiger partial charge in [-0.05, 0) is 61.4 Å². The maximum absolute atomic E-state index is 13.4. The summed E-state index contributed by atoms with van der Waals surface area (Å²) < 4.78 is 34.4. The van der Waals surface area contributed by atoms with Crippen LogP contribution in [0.15, 0.2) is 53.7 Å². The number of hydrogen-bond acceptors (Lipinski definition) is 6. The van der Waals surface area contributed by atoms with E-state index in [9.17, 15) is 13.6 Å². The molecule has 1 amide bonds. The van der Waals surface area contributed by atoms with Crippen LogP contribution in [0.4, 0.5) is 14.5 Å². The van der Waals surface area contributed by atoms with Crippen molar-refractivity contribution < 1.29 is 18.3 Å². The normalized spacial score (nSPS) is 18.3. The maximum Gasteiger partial charge on any atom is 0.233 e. The molecule has 0 radical (unpaired) electrons. The van der Waals surface area contributed by atoms with Crippen LogP contribution in [0.1, 0.15) is 12.8 Å². The van der Waals surface area contributed by atoms with Gasteiger partial charge in [-0.1, -0.05) is 11.8 Å². The molecule has 2 aliphatic heterocycles. The first-order valence-electron chi connectivity index (χ1n) is 11.8. The molecule has 5 rings (SSSR count). The molecule has 0 spiro atoms. The zero-order valence-corrected chi connectivity index (χ0v) is 20.1. The number of ether oxygens (including phenoxy) is 1. The Morgan fingerprint density at radius 3 is 2.31 bits per heavy atom. The van der Waals surface area contributed by atoms with Gasteiger partial charge < -0.3 is 14.5 Å². The lowest BCUT2D eigenvalue weighted by Gasteiger charge is -2.36. The lowest BCUT2D eigenvalue weighted by Crippen LogP contribution is -2.49. The predicted molar refractivity (Wildman–Crippen MR) is 130 cm³/mol. The number of rotatable bonds is 7. The van der Waals surface area contributed by atoms with Crippen LogP contribution in [0.25, 0.3) is 11.4 Å². The number of halogens is 2. The fourth-order valence-corrected chi connectivity index (χ4v) is 5.30. The Hall–Kier alpha value is -2.98. The number of anilines is 1. The van der Waals surface area contributed by atoms with Crippen molar-refractivity contribution in [2.75, 3.05) is 43.4 Å². The van der Waals surface area contributed by atoms with Crippen molar-refractivity contribution in [3.63, 3.8) is 0 Å². The summed E-state index contributed by atoms with van der Waals surface area (Å²) in [4.78, 5) is 17.0. The number of hydrogen-bond donors (Lipinski definition) is 0. The van der Waals surface area contributed by atoms with Gasteiger partial charge in [-0.15, -0.1) is 10.2 Å². The summed E-state index contributed by atoms with van der Waals surface area (Å²) in [6.07, 6.45) is 2.05. The Morgan fingerprint density at radius 2 is 1.66 bits per heavy atom. The number of carbonyl (C=O) groups excluding carboxylic acids is 1. The molecule has 7 nitrogen and oxygen atoms in total. The number of amides is 1. The SMILES string of the molecule is O=C(CSc1nnc(-c2ccc(F)cc2)n1CC1CCCO1)N1CCN(c2ccc(F)cc2)CC1. The molecule has 1 atom stereocenters. The third kappa shape index (κ3) is 5.65. The Bertz CT molecular complexity index is 1140. The minimum absolute atomic E-state index is 0.0451. The number of benzene rings is 2. The van der Waals surface area contributed by atoms with Gasteiger partial charge in [0.15, 0.2) is 11.0 Å². The van der Waals surface area contributed by atoms with E-state index in [1.54, 1.807) is 24.3 Å². The summed E-state index contributed by atoms with van der Waals surface area (Å²) in [7, 11) is 0. The molecule has 35 heavy (non-hydrogen) atoms. The van der Waals surface area contributed by atoms with E-state index in [0.29, 0.717) is 43.7 Å². The molecule has 2 aromatic carbocycles. The first-order chi connectivity index (χ1) is 17.1. The van der Waals surface area contributed by atoms with Crippen molar-refractivity contribution in [1.82, 2.24) is 19.7 Å². The zero-order valence-electron chi connectivity index (χ0n) is 19.3. The molecule has 0 bridgehead atoms. The largest absolute Gasteiger partial charge is 0.376 e. The molecule has 2 saturated heterocycles. The lowest BCUT2D eigenvalue weighted by atomic mass is 10.2. The minimum Gasteiger partial charge on any atom is -0.376 e. The van der Waals surface area contributed by atoms with Crippen LogP contribution in [-0.2, 0) is 16.1 Å². The van der Waals surface area contributed by atoms with Gasteiger partial charge in [-0.3, -0.25) is 9.36 Å². The number of carbonyl (C=O) groups is 1. The van der Waals surface area contributed by atoms with Crippen molar-refractivity contribution in [1.29, 1.82) is 0 Å². The highest BCUT2D eigenvalue weighted by Gasteiger charge is 2.25. The smallest absolute Gasteiger partial charge is 0.233 e. The minimum atomic E-state index is -0.307. The summed E-state index contributed by atoms with van der Waals surface area (Å²) >= 11 is 1.36. The van der Waals surface area contributed by atoms with Crippen molar-refractivity contribution in [3.05, 3.63) is 60.2 Å². The van der Waals surface area contributed by atoms with Gasteiger partial charge in [0, 0.05) is 44.0 Å². The second-order valence-electron chi connectivity index (χ2n) is 8.69. The first kappa shape index (κ1) is 23.7. The van der Waals surface area contributed by atoms with Crippen molar-refractivity contribution in [2.45, 2.75) is 30.6 Å². The van der Waals surface area contributed by atoms with E-state index < -0.39 is 0 Å². The van der Waals surface area contributed by atoms with Crippen LogP contribution < -0.4 is 4.90 Å². The molecule has 2 aliphatic rings. The lowest BCUT2D eigenvalue weighted by molar-refractivity contribution is -0.128. The van der Waals surface area contributed by atoms with E-state index in [0.717, 1.165) is 30.7 Å². The molecule has 0 N–H and O–H groups in total. The Morgan fingerprint density at radius 1 is 0.971 bits per heavy atom. The summed E-state index contributed by atoms with van der Waals surface area (Å²) in [5, 5.41) is 9.36. The molecular weight excluding hydrogens is 472 g/mol. The highest BCUT2D eigenvalue weighted by atomic mass is 32.2. The monoisotopic (exact) mass is 499 g/mol. The average molecular weight is 500 g/mol. The highest BCUT2D eigenvalue weighted by molar-refractivity contribution is 7.99. The van der Waals surface area contributed by atoms with Gasteiger partial charge in [-0.2, -0.15) is 0 Å². The molecule has 2 fully saturated rings. The van der Waals surface area contributed by atoms with Crippen LogP contribution >= 0.6 is 11.8 Å². The Balaban J connectivity index is 1.23. The third-order valence-corrected chi connectivity index (χ3v) is 7.33. The van der Waals surface area contributed by atoms with Crippen LogP contribution in [0.2, 0.25) is 0 Å². The maximum atomic E-state index is 13.4. The summed E-state index contributed by atoms with van der Waals surface area (Å²) in [5.41, 5.74) is 1.73. The molecule has 3 heterocycles. The summed E-state index contributed by atoms with van der Waals surface area (Å²) in [6.45, 7) is 3.95. The van der Waals surface area contributed by atoms with Crippen LogP contribution in [0.3, 0.4) is 0 Å². The van der Waals surface area contributed by atoms with E-state index in [1.807, 2.05) is 9.47 Å². The number of thioether (sulfide) groups is 1. The fourth-order valence-electron chi connectivity index (χ4n) is 4.45. The summed E-state index contributed by atoms with van der Waals surface area (Å²) in [6, 6.07) is 12.6. The fraction of sp³-hybridized carbons (Fsp3) is 0.400. The molecule has 3 aromatic rings. The molecule has 0 saturated carbocycles. The molecular formula is C25H27F2N5O2S. The van der Waals surface area contributed by atoms with Gasteiger partial charge in [0.1, 0.15) is 11.6 Å². The summed E-state index contributed by atoms with van der Waals surface area (Å²) in [5.74, 6) is 0.379. The van der Waals surface area contributed by atoms with Gasteiger partial charge in [-0.25, -0.2) is 8.78 Å². The van der Waals surface area contributed by atoms with Crippen molar-refractivity contribution in [2.24, 2.45) is 0 Å². The van der Waals surface area contributed by atoms with Crippen LogP contribution in [-0.4, -0.2) is 70.2 Å². The average Bonchev–Trinajstić information content (AvgIpc) is 3.54. The standard InChI is InChI=1S/C25H27F2N5O2S/c26-19-5-3-18(4-6-19)24-28-29-25(32(24)16-22-2-1-15-34-22)35-17-23(33)31-13-11-30(12-14-31)21-9-7-20(27)8-10-21/h3-10,22H,1-2,11-17H2. The zero-order chi connectivity index (χ0) is 24.2. The van der Waals surface area contributed by atoms with Crippen molar-refractivity contribution >= 4 is 23.4 Å². The van der Waals surface area contributed by atoms with Gasteiger partial charge in [0.25, 0.3) is 0 Å². The van der Waals surface area contributed by atoms with Crippen LogP contribution in [0.5, 0.6) is 0 Å². The van der Waals surface area contributed by atoms with Gasteiger partial charge in [0.05, 0.1) is 18.4 Å². The topological polar surface area (TPSA) is 63.5 Å². The van der Waals surface area contributed by atoms with E-state index in [-0.39, 0.29) is 29.4 Å². The molecule has 0 aliphatic carbocycles. The second kappa shape index (κ2) is 10.7. The second-order valence-corrected chi connectivity index (χ2v) is 9.63. The van der Waals surface area contributed by atoms with E-state index in [4.69, 9.17) is 4.74 Å². The Labute approximate surface area is 207 Å². The van der Waals surface area contributed by atoms with Crippen LogP contribution in [0, 0.1) is 11.6 Å². The number of aromatic nitrogens is 3. The molecule has 1 unspecified atom stereocenters. The van der Waals surface area contributed by atoms with E-state index >= 15 is 0 Å².